The Bertz CT molecular complexity index is 619. The molecule has 100 valence electrons. The predicted molar refractivity (Wildman–Crippen MR) is 87.7 cm³/mol. The fourth-order valence-electron chi connectivity index (χ4n) is 1.67. The van der Waals surface area contributed by atoms with Gasteiger partial charge in [0.15, 0.2) is 5.82 Å². The maximum atomic E-state index is 5.94. The van der Waals surface area contributed by atoms with Crippen molar-refractivity contribution in [3.05, 3.63) is 37.5 Å². The molecule has 0 radical (unpaired) electrons. The van der Waals surface area contributed by atoms with E-state index in [4.69, 9.17) is 10.5 Å². The molecule has 2 aromatic rings. The van der Waals surface area contributed by atoms with Gasteiger partial charge in [-0.15, -0.1) is 0 Å². The first-order chi connectivity index (χ1) is 9.02. The summed E-state index contributed by atoms with van der Waals surface area (Å²) in [6, 6.07) is 6.04. The van der Waals surface area contributed by atoms with Crippen molar-refractivity contribution in [3.8, 4) is 11.4 Å². The summed E-state index contributed by atoms with van der Waals surface area (Å²) in [6.07, 6.45) is 0. The van der Waals surface area contributed by atoms with Gasteiger partial charge in [0.1, 0.15) is 5.82 Å². The summed E-state index contributed by atoms with van der Waals surface area (Å²) in [4.78, 5) is 8.88. The summed E-state index contributed by atoms with van der Waals surface area (Å²) < 4.78 is 6.94. The first kappa shape index (κ1) is 14.7. The number of anilines is 1. The van der Waals surface area contributed by atoms with Crippen molar-refractivity contribution < 1.29 is 4.74 Å². The molecule has 19 heavy (non-hydrogen) atoms. The number of nitrogen functional groups attached to an aromatic ring is 1. The molecular formula is C13H13BrIN3O. The van der Waals surface area contributed by atoms with Gasteiger partial charge in [-0.05, 0) is 47.2 Å². The van der Waals surface area contributed by atoms with Crippen molar-refractivity contribution >= 4 is 44.3 Å². The van der Waals surface area contributed by atoms with Gasteiger partial charge in [-0.25, -0.2) is 9.97 Å². The number of methoxy groups -OCH3 is 1. The Balaban J connectivity index is 2.56. The van der Waals surface area contributed by atoms with Crippen LogP contribution in [-0.4, -0.2) is 17.1 Å². The van der Waals surface area contributed by atoms with Crippen LogP contribution in [0.15, 0.2) is 22.7 Å². The van der Waals surface area contributed by atoms with Crippen LogP contribution >= 0.6 is 38.5 Å². The maximum absolute atomic E-state index is 5.94. The van der Waals surface area contributed by atoms with Crippen LogP contribution in [0.25, 0.3) is 11.4 Å². The van der Waals surface area contributed by atoms with E-state index in [9.17, 15) is 0 Å². The van der Waals surface area contributed by atoms with E-state index in [1.807, 2.05) is 25.1 Å². The highest BCUT2D eigenvalue weighted by molar-refractivity contribution is 14.1. The van der Waals surface area contributed by atoms with E-state index >= 15 is 0 Å². The summed E-state index contributed by atoms with van der Waals surface area (Å²) in [6.45, 7) is 2.45. The van der Waals surface area contributed by atoms with Crippen LogP contribution < -0.4 is 5.73 Å². The Hall–Kier alpha value is -0.730. The minimum atomic E-state index is 0.418. The number of rotatable bonds is 3. The normalized spacial score (nSPS) is 10.7. The summed E-state index contributed by atoms with van der Waals surface area (Å²) in [5.74, 6) is 1.09. The number of nitrogens with two attached hydrogens (primary N) is 1. The molecular weight excluding hydrogens is 421 g/mol. The number of benzene rings is 1. The zero-order chi connectivity index (χ0) is 14.0. The van der Waals surface area contributed by atoms with Gasteiger partial charge in [0.25, 0.3) is 0 Å². The minimum absolute atomic E-state index is 0.418. The van der Waals surface area contributed by atoms with Crippen molar-refractivity contribution in [2.24, 2.45) is 0 Å². The Kier molecular flexibility index (Phi) is 4.75. The van der Waals surface area contributed by atoms with Crippen LogP contribution in [0.5, 0.6) is 0 Å². The van der Waals surface area contributed by atoms with Gasteiger partial charge in [0.05, 0.1) is 15.9 Å². The first-order valence-corrected chi connectivity index (χ1v) is 7.47. The average molecular weight is 434 g/mol. The lowest BCUT2D eigenvalue weighted by Gasteiger charge is -2.10. The number of aryl methyl sites for hydroxylation is 1. The smallest absolute Gasteiger partial charge is 0.163 e. The van der Waals surface area contributed by atoms with Crippen LogP contribution in [0, 0.1) is 10.5 Å². The molecule has 0 aliphatic rings. The largest absolute Gasteiger partial charge is 0.383 e. The van der Waals surface area contributed by atoms with E-state index < -0.39 is 0 Å². The average Bonchev–Trinajstić information content (AvgIpc) is 2.35. The molecule has 1 heterocycles. The molecule has 0 unspecified atom stereocenters. The monoisotopic (exact) mass is 433 g/mol. The van der Waals surface area contributed by atoms with Crippen molar-refractivity contribution in [1.29, 1.82) is 0 Å². The molecule has 0 spiro atoms. The predicted octanol–water partition coefficient (Wildman–Crippen LogP) is 3.55. The zero-order valence-electron chi connectivity index (χ0n) is 10.6. The fourth-order valence-corrected chi connectivity index (χ4v) is 2.73. The Morgan fingerprint density at radius 3 is 2.74 bits per heavy atom. The van der Waals surface area contributed by atoms with E-state index in [2.05, 4.69) is 48.5 Å². The molecule has 0 aliphatic carbocycles. The molecule has 0 saturated carbocycles. The number of halogens is 2. The number of aromatic nitrogens is 2. The maximum Gasteiger partial charge on any atom is 0.163 e. The molecule has 4 nitrogen and oxygen atoms in total. The highest BCUT2D eigenvalue weighted by Crippen LogP contribution is 2.29. The molecule has 2 N–H and O–H groups in total. The second-order valence-corrected chi connectivity index (χ2v) is 6.04. The summed E-state index contributed by atoms with van der Waals surface area (Å²) in [5, 5.41) is 0. The zero-order valence-corrected chi connectivity index (χ0v) is 14.3. The summed E-state index contributed by atoms with van der Waals surface area (Å²) >= 11 is 5.67. The third-order valence-corrected chi connectivity index (χ3v) is 4.42. The van der Waals surface area contributed by atoms with Gasteiger partial charge in [-0.3, -0.25) is 0 Å². The molecule has 0 bridgehead atoms. The van der Waals surface area contributed by atoms with Crippen LogP contribution in [0.2, 0.25) is 0 Å². The SMILES string of the molecule is COCc1nc(-c2ccc(C)cc2Br)nc(N)c1I. The Labute approximate surface area is 134 Å². The minimum Gasteiger partial charge on any atom is -0.383 e. The Morgan fingerprint density at radius 1 is 1.37 bits per heavy atom. The second-order valence-electron chi connectivity index (χ2n) is 4.11. The van der Waals surface area contributed by atoms with E-state index in [0.29, 0.717) is 18.2 Å². The molecule has 1 aromatic carbocycles. The quantitative estimate of drug-likeness (QED) is 0.752. The van der Waals surface area contributed by atoms with Crippen molar-refractivity contribution in [2.45, 2.75) is 13.5 Å². The van der Waals surface area contributed by atoms with Crippen molar-refractivity contribution in [1.82, 2.24) is 9.97 Å². The first-order valence-electron chi connectivity index (χ1n) is 5.60. The standard InChI is InChI=1S/C13H13BrIN3O/c1-7-3-4-8(9(14)5-7)13-17-10(6-19-2)11(15)12(16)18-13/h3-5H,6H2,1-2H3,(H2,16,17,18). The number of hydrogen-bond acceptors (Lipinski definition) is 4. The molecule has 0 saturated heterocycles. The lowest BCUT2D eigenvalue weighted by Crippen LogP contribution is -2.06. The third-order valence-electron chi connectivity index (χ3n) is 2.59. The highest BCUT2D eigenvalue weighted by Gasteiger charge is 2.13. The molecule has 2 rings (SSSR count). The van der Waals surface area contributed by atoms with Gasteiger partial charge in [-0.1, -0.05) is 22.0 Å². The number of ether oxygens (including phenoxy) is 1. The number of hydrogen-bond donors (Lipinski definition) is 1. The summed E-state index contributed by atoms with van der Waals surface area (Å²) in [7, 11) is 1.63. The molecule has 0 fully saturated rings. The fraction of sp³-hybridized carbons (Fsp3) is 0.231. The van der Waals surface area contributed by atoms with Crippen LogP contribution in [0.1, 0.15) is 11.3 Å². The molecule has 6 heteroatoms. The highest BCUT2D eigenvalue weighted by atomic mass is 127. The summed E-state index contributed by atoms with van der Waals surface area (Å²) in [5.41, 5.74) is 8.84. The van der Waals surface area contributed by atoms with Gasteiger partial charge in [-0.2, -0.15) is 0 Å². The van der Waals surface area contributed by atoms with Crippen molar-refractivity contribution in [3.63, 3.8) is 0 Å². The van der Waals surface area contributed by atoms with Crippen molar-refractivity contribution in [2.75, 3.05) is 12.8 Å². The molecule has 0 atom stereocenters. The molecule has 0 amide bonds. The van der Waals surface area contributed by atoms with Gasteiger partial charge >= 0.3 is 0 Å². The molecule has 1 aromatic heterocycles. The lowest BCUT2D eigenvalue weighted by molar-refractivity contribution is 0.181. The van der Waals surface area contributed by atoms with Crippen LogP contribution in [-0.2, 0) is 11.3 Å². The second kappa shape index (κ2) is 6.15. The van der Waals surface area contributed by atoms with Crippen LogP contribution in [0.4, 0.5) is 5.82 Å². The number of nitrogens with zero attached hydrogens (tertiary/aromatic N) is 2. The molecule has 0 aliphatic heterocycles. The topological polar surface area (TPSA) is 61.0 Å². The van der Waals surface area contributed by atoms with E-state index in [0.717, 1.165) is 19.3 Å². The van der Waals surface area contributed by atoms with E-state index in [-0.39, 0.29) is 0 Å². The van der Waals surface area contributed by atoms with Gasteiger partial charge < -0.3 is 10.5 Å². The third kappa shape index (κ3) is 3.24. The van der Waals surface area contributed by atoms with Crippen LogP contribution in [0.3, 0.4) is 0 Å². The van der Waals surface area contributed by atoms with E-state index in [1.165, 1.54) is 5.56 Å². The lowest BCUT2D eigenvalue weighted by atomic mass is 10.1. The van der Waals surface area contributed by atoms with Gasteiger partial charge in [0.2, 0.25) is 0 Å². The van der Waals surface area contributed by atoms with Gasteiger partial charge in [0, 0.05) is 17.1 Å². The Morgan fingerprint density at radius 2 is 2.11 bits per heavy atom. The van der Waals surface area contributed by atoms with E-state index in [1.54, 1.807) is 7.11 Å².